The number of phenolic OH excluding ortho intramolecular Hbond substituents is 2. The first-order valence-corrected chi connectivity index (χ1v) is 16.2. The van der Waals surface area contributed by atoms with Gasteiger partial charge in [0.25, 0.3) is 5.82 Å². The van der Waals surface area contributed by atoms with Gasteiger partial charge in [-0.05, 0) is 48.9 Å². The van der Waals surface area contributed by atoms with E-state index in [0.29, 0.717) is 35.0 Å². The molecule has 228 valence electrons. The van der Waals surface area contributed by atoms with Crippen molar-refractivity contribution in [2.45, 2.75) is 18.2 Å². The van der Waals surface area contributed by atoms with Gasteiger partial charge in [0.2, 0.25) is 0 Å². The van der Waals surface area contributed by atoms with Gasteiger partial charge in [0.05, 0.1) is 24.3 Å². The number of hydrogen-bond acceptors (Lipinski definition) is 6. The summed E-state index contributed by atoms with van der Waals surface area (Å²) in [6.45, 7) is 2.47. The zero-order valence-corrected chi connectivity index (χ0v) is 26.9. The summed E-state index contributed by atoms with van der Waals surface area (Å²) in [5.74, 6) is 1.28. The van der Waals surface area contributed by atoms with Gasteiger partial charge in [-0.15, -0.1) is 0 Å². The van der Waals surface area contributed by atoms with Crippen LogP contribution in [-0.2, 0) is 0 Å². The molecule has 1 aromatic heterocycles. The van der Waals surface area contributed by atoms with Crippen LogP contribution in [0.1, 0.15) is 17.5 Å². The maximum Gasteiger partial charge on any atom is 0.282 e. The second-order valence-corrected chi connectivity index (χ2v) is 12.6. The number of aromatic hydroxyl groups is 2. The molecule has 0 saturated carbocycles. The largest absolute Gasteiger partial charge is 0.507 e. The molecular formula is C39H35N4O2S+. The number of nitrogens with zero attached hydrogens (tertiary/aromatic N) is 4. The Morgan fingerprint density at radius 2 is 1.48 bits per heavy atom. The lowest BCUT2D eigenvalue weighted by Gasteiger charge is -2.19. The molecule has 0 aliphatic carbocycles. The summed E-state index contributed by atoms with van der Waals surface area (Å²) in [5.41, 5.74) is 5.53. The Hall–Kier alpha value is -5.27. The third-order valence-electron chi connectivity index (χ3n) is 8.61. The zero-order chi connectivity index (χ0) is 31.8. The Morgan fingerprint density at radius 1 is 0.826 bits per heavy atom. The maximum absolute atomic E-state index is 11.0. The van der Waals surface area contributed by atoms with Crippen molar-refractivity contribution in [3.8, 4) is 17.2 Å². The van der Waals surface area contributed by atoms with Crippen LogP contribution in [-0.4, -0.2) is 37.1 Å². The van der Waals surface area contributed by atoms with Crippen LogP contribution in [0, 0.1) is 6.92 Å². The van der Waals surface area contributed by atoms with Gasteiger partial charge in [0, 0.05) is 52.4 Å². The number of aliphatic imine (C=N–C) groups is 1. The second kappa shape index (κ2) is 12.3. The van der Waals surface area contributed by atoms with Crippen molar-refractivity contribution >= 4 is 62.9 Å². The van der Waals surface area contributed by atoms with E-state index in [1.165, 1.54) is 21.0 Å². The zero-order valence-electron chi connectivity index (χ0n) is 26.1. The van der Waals surface area contributed by atoms with Gasteiger partial charge in [-0.3, -0.25) is 9.89 Å². The summed E-state index contributed by atoms with van der Waals surface area (Å²) in [6.07, 6.45) is 4.75. The smallest absolute Gasteiger partial charge is 0.282 e. The SMILES string of the molecule is Cc1c(N=CCCN(C)c2cc(C=C3Sc4ccccc4N3C)c3ccccc3[n+]2-c2ccccc2)c(O)c2ccccc2c1O. The molecule has 1 aliphatic heterocycles. The highest BCUT2D eigenvalue weighted by Gasteiger charge is 2.25. The second-order valence-electron chi connectivity index (χ2n) is 11.5. The Morgan fingerprint density at radius 3 is 2.24 bits per heavy atom. The molecule has 0 unspecified atom stereocenters. The fourth-order valence-corrected chi connectivity index (χ4v) is 7.24. The van der Waals surface area contributed by atoms with Gasteiger partial charge in [-0.25, -0.2) is 0 Å². The van der Waals surface area contributed by atoms with Crippen LogP contribution in [0.4, 0.5) is 17.2 Å². The lowest BCUT2D eigenvalue weighted by atomic mass is 10.0. The molecule has 6 aromatic rings. The van der Waals surface area contributed by atoms with Crippen molar-refractivity contribution in [2.75, 3.05) is 30.4 Å². The number of rotatable bonds is 7. The minimum absolute atomic E-state index is 0.0848. The van der Waals surface area contributed by atoms with E-state index in [9.17, 15) is 10.2 Å². The molecule has 7 rings (SSSR count). The average Bonchev–Trinajstić information content (AvgIpc) is 3.41. The molecule has 1 aliphatic rings. The van der Waals surface area contributed by atoms with E-state index in [2.05, 4.69) is 118 Å². The summed E-state index contributed by atoms with van der Waals surface area (Å²) >= 11 is 1.79. The molecule has 0 fully saturated rings. The Bertz CT molecular complexity index is 2160. The van der Waals surface area contributed by atoms with Crippen molar-refractivity contribution < 1.29 is 14.8 Å². The molecule has 46 heavy (non-hydrogen) atoms. The molecule has 0 atom stereocenters. The van der Waals surface area contributed by atoms with Crippen LogP contribution in [0.3, 0.4) is 0 Å². The van der Waals surface area contributed by atoms with Gasteiger partial charge in [0.15, 0.2) is 0 Å². The molecule has 7 heteroatoms. The minimum Gasteiger partial charge on any atom is -0.507 e. The minimum atomic E-state index is 0.0848. The predicted molar refractivity (Wildman–Crippen MR) is 192 cm³/mol. The number of thioether (sulfide) groups is 1. The number of phenols is 2. The molecule has 2 N–H and O–H groups in total. The number of para-hydroxylation sites is 3. The number of hydrogen-bond donors (Lipinski definition) is 2. The van der Waals surface area contributed by atoms with Crippen molar-refractivity contribution in [1.82, 2.24) is 0 Å². The summed E-state index contributed by atoms with van der Waals surface area (Å²) in [4.78, 5) is 10.4. The number of benzene rings is 5. The summed E-state index contributed by atoms with van der Waals surface area (Å²) in [6, 6.07) is 37.1. The number of pyridine rings is 1. The first-order chi connectivity index (χ1) is 22.4. The van der Waals surface area contributed by atoms with Gasteiger partial charge < -0.3 is 15.1 Å². The normalized spacial score (nSPS) is 13.7. The van der Waals surface area contributed by atoms with Gasteiger partial charge in [0.1, 0.15) is 28.4 Å². The van der Waals surface area contributed by atoms with Crippen LogP contribution in [0.15, 0.2) is 124 Å². The highest BCUT2D eigenvalue weighted by Crippen LogP contribution is 2.46. The first-order valence-electron chi connectivity index (χ1n) is 15.3. The molecule has 5 aromatic carbocycles. The van der Waals surface area contributed by atoms with Crippen LogP contribution in [0.25, 0.3) is 33.4 Å². The lowest BCUT2D eigenvalue weighted by molar-refractivity contribution is -0.553. The molecule has 0 radical (unpaired) electrons. The monoisotopic (exact) mass is 623 g/mol. The molecule has 2 heterocycles. The van der Waals surface area contributed by atoms with Gasteiger partial charge in [-0.1, -0.05) is 84.6 Å². The topological polar surface area (TPSA) is 63.2 Å². The van der Waals surface area contributed by atoms with Crippen LogP contribution < -0.4 is 14.4 Å². The quantitative estimate of drug-likeness (QED) is 0.106. The Labute approximate surface area is 273 Å². The molecule has 0 spiro atoms. The fraction of sp³-hybridized carbons (Fsp3) is 0.128. The highest BCUT2D eigenvalue weighted by atomic mass is 32.2. The van der Waals surface area contributed by atoms with Gasteiger partial charge >= 0.3 is 0 Å². The third-order valence-corrected chi connectivity index (χ3v) is 9.78. The van der Waals surface area contributed by atoms with Crippen LogP contribution in [0.5, 0.6) is 11.5 Å². The summed E-state index contributed by atoms with van der Waals surface area (Å²) < 4.78 is 2.31. The van der Waals surface area contributed by atoms with Crippen LogP contribution in [0.2, 0.25) is 0 Å². The highest BCUT2D eigenvalue weighted by molar-refractivity contribution is 8.03. The van der Waals surface area contributed by atoms with E-state index in [1.807, 2.05) is 24.4 Å². The molecule has 0 amide bonds. The average molecular weight is 624 g/mol. The van der Waals surface area contributed by atoms with Crippen molar-refractivity contribution in [3.63, 3.8) is 0 Å². The number of anilines is 2. The molecular weight excluding hydrogens is 589 g/mol. The molecule has 6 nitrogen and oxygen atoms in total. The van der Waals surface area contributed by atoms with E-state index in [0.717, 1.165) is 22.6 Å². The van der Waals surface area contributed by atoms with Crippen LogP contribution >= 0.6 is 11.8 Å². The first kappa shape index (κ1) is 29.4. The maximum atomic E-state index is 11.0. The standard InChI is InChI=1S/C39H34N4O2S/c1-26-37(39(45)31-18-8-7-17-30(31)38(26)44)40-22-13-23-41(2)35-24-27(25-36-42(3)33-20-11-12-21-34(33)46-36)29-16-9-10-19-32(29)43(35)28-14-5-4-6-15-28/h4-12,14-22,24-25H,13,23H2,1-3H3,(H-,44,45)/p+1. The Balaban J connectivity index is 1.26. The summed E-state index contributed by atoms with van der Waals surface area (Å²) in [5, 5.41) is 25.3. The fourth-order valence-electron chi connectivity index (χ4n) is 6.14. The third kappa shape index (κ3) is 5.22. The number of aromatic nitrogens is 1. The van der Waals surface area contributed by atoms with E-state index < -0.39 is 0 Å². The van der Waals surface area contributed by atoms with E-state index in [-0.39, 0.29) is 11.5 Å². The van der Waals surface area contributed by atoms with Gasteiger partial charge in [-0.2, -0.15) is 4.57 Å². The summed E-state index contributed by atoms with van der Waals surface area (Å²) in [7, 11) is 4.23. The van der Waals surface area contributed by atoms with Crippen molar-refractivity contribution in [3.05, 3.63) is 125 Å². The van der Waals surface area contributed by atoms with E-state index >= 15 is 0 Å². The Kier molecular flexibility index (Phi) is 7.84. The van der Waals surface area contributed by atoms with Crippen molar-refractivity contribution in [1.29, 1.82) is 0 Å². The predicted octanol–water partition coefficient (Wildman–Crippen LogP) is 8.76. The molecule has 0 saturated heterocycles. The van der Waals surface area contributed by atoms with Crippen molar-refractivity contribution in [2.24, 2.45) is 4.99 Å². The lowest BCUT2D eigenvalue weighted by Crippen LogP contribution is -2.40. The molecule has 0 bridgehead atoms. The van der Waals surface area contributed by atoms with E-state index in [4.69, 9.17) is 0 Å². The number of fused-ring (bicyclic) bond motifs is 3. The van der Waals surface area contributed by atoms with E-state index in [1.54, 1.807) is 30.8 Å².